The fourth-order valence-corrected chi connectivity index (χ4v) is 3.83. The fourth-order valence-electron chi connectivity index (χ4n) is 2.04. The van der Waals surface area contributed by atoms with E-state index in [1.165, 1.54) is 11.4 Å². The SMILES string of the molecule is CN(C1COCC1C(=O)O)S(=O)(=O)CC1CC1. The molecule has 2 atom stereocenters. The van der Waals surface area contributed by atoms with Crippen molar-refractivity contribution in [2.24, 2.45) is 11.8 Å². The summed E-state index contributed by atoms with van der Waals surface area (Å²) >= 11 is 0. The van der Waals surface area contributed by atoms with Gasteiger partial charge < -0.3 is 9.84 Å². The lowest BCUT2D eigenvalue weighted by Crippen LogP contribution is -2.45. The van der Waals surface area contributed by atoms with Gasteiger partial charge >= 0.3 is 5.97 Å². The number of hydrogen-bond donors (Lipinski definition) is 1. The molecule has 2 fully saturated rings. The van der Waals surface area contributed by atoms with E-state index >= 15 is 0 Å². The minimum Gasteiger partial charge on any atom is -0.481 e. The maximum atomic E-state index is 12.0. The summed E-state index contributed by atoms with van der Waals surface area (Å²) < 4.78 is 30.3. The van der Waals surface area contributed by atoms with Gasteiger partial charge in [-0.2, -0.15) is 4.31 Å². The van der Waals surface area contributed by atoms with Crippen LogP contribution < -0.4 is 0 Å². The van der Waals surface area contributed by atoms with Crippen LogP contribution in [-0.4, -0.2) is 55.9 Å². The van der Waals surface area contributed by atoms with Gasteiger partial charge in [-0.3, -0.25) is 4.79 Å². The van der Waals surface area contributed by atoms with Crippen molar-refractivity contribution in [2.45, 2.75) is 18.9 Å². The van der Waals surface area contributed by atoms with Gasteiger partial charge in [0.2, 0.25) is 10.0 Å². The number of likely N-dealkylation sites (N-methyl/N-ethyl adjacent to an activating group) is 1. The fraction of sp³-hybridized carbons (Fsp3) is 0.900. The third-order valence-electron chi connectivity index (χ3n) is 3.42. The normalized spacial score (nSPS) is 29.8. The Morgan fingerprint density at radius 2 is 2.06 bits per heavy atom. The summed E-state index contributed by atoms with van der Waals surface area (Å²) in [5.41, 5.74) is 0. The standard InChI is InChI=1S/C10H17NO5S/c1-11(17(14,15)6-7-2-3-7)9-5-16-4-8(9)10(12)13/h7-9H,2-6H2,1H3,(H,12,13). The molecule has 7 heteroatoms. The van der Waals surface area contributed by atoms with E-state index in [0.29, 0.717) is 0 Å². The first-order valence-corrected chi connectivity index (χ1v) is 7.29. The molecule has 1 heterocycles. The number of carboxylic acids is 1. The second kappa shape index (κ2) is 4.55. The highest BCUT2D eigenvalue weighted by Crippen LogP contribution is 2.32. The first kappa shape index (κ1) is 12.8. The monoisotopic (exact) mass is 263 g/mol. The summed E-state index contributed by atoms with van der Waals surface area (Å²) in [6.45, 7) is 0.251. The van der Waals surface area contributed by atoms with Crippen molar-refractivity contribution in [3.63, 3.8) is 0 Å². The van der Waals surface area contributed by atoms with E-state index in [1.54, 1.807) is 0 Å². The first-order chi connectivity index (χ1) is 7.92. The molecule has 2 aliphatic rings. The molecule has 2 rings (SSSR count). The van der Waals surface area contributed by atoms with Crippen LogP contribution in [-0.2, 0) is 19.6 Å². The highest BCUT2D eigenvalue weighted by Gasteiger charge is 2.42. The molecule has 6 nitrogen and oxygen atoms in total. The zero-order valence-electron chi connectivity index (χ0n) is 9.70. The van der Waals surface area contributed by atoms with Crippen LogP contribution >= 0.6 is 0 Å². The molecule has 0 aromatic heterocycles. The number of rotatable bonds is 5. The zero-order valence-corrected chi connectivity index (χ0v) is 10.5. The summed E-state index contributed by atoms with van der Waals surface area (Å²) in [6, 6.07) is -0.573. The van der Waals surface area contributed by atoms with Crippen molar-refractivity contribution in [2.75, 3.05) is 26.0 Å². The molecule has 1 saturated heterocycles. The van der Waals surface area contributed by atoms with E-state index in [0.717, 1.165) is 12.8 Å². The Morgan fingerprint density at radius 1 is 1.41 bits per heavy atom. The largest absolute Gasteiger partial charge is 0.481 e. The zero-order chi connectivity index (χ0) is 12.6. The van der Waals surface area contributed by atoms with Crippen LogP contribution in [0.15, 0.2) is 0 Å². The van der Waals surface area contributed by atoms with Gasteiger partial charge in [-0.15, -0.1) is 0 Å². The molecule has 1 aliphatic heterocycles. The molecule has 0 spiro atoms. The molecular weight excluding hydrogens is 246 g/mol. The van der Waals surface area contributed by atoms with Gasteiger partial charge in [0.1, 0.15) is 0 Å². The highest BCUT2D eigenvalue weighted by molar-refractivity contribution is 7.89. The average Bonchev–Trinajstić information content (AvgIpc) is 2.90. The molecule has 0 radical (unpaired) electrons. The molecule has 1 N–H and O–H groups in total. The van der Waals surface area contributed by atoms with E-state index in [9.17, 15) is 13.2 Å². The van der Waals surface area contributed by atoms with E-state index in [-0.39, 0.29) is 24.9 Å². The molecule has 2 unspecified atom stereocenters. The lowest BCUT2D eigenvalue weighted by molar-refractivity contribution is -0.142. The summed E-state index contributed by atoms with van der Waals surface area (Å²) in [6.07, 6.45) is 1.91. The Bertz CT molecular complexity index is 403. The van der Waals surface area contributed by atoms with Gasteiger partial charge in [0.25, 0.3) is 0 Å². The van der Waals surface area contributed by atoms with E-state index in [1.807, 2.05) is 0 Å². The van der Waals surface area contributed by atoms with Gasteiger partial charge in [-0.25, -0.2) is 8.42 Å². The number of aliphatic carboxylic acids is 1. The van der Waals surface area contributed by atoms with Gasteiger partial charge in [0.15, 0.2) is 0 Å². The topological polar surface area (TPSA) is 83.9 Å². The number of nitrogens with zero attached hydrogens (tertiary/aromatic N) is 1. The van der Waals surface area contributed by atoms with E-state index < -0.39 is 28.0 Å². The van der Waals surface area contributed by atoms with Crippen LogP contribution in [0.5, 0.6) is 0 Å². The van der Waals surface area contributed by atoms with E-state index in [4.69, 9.17) is 9.84 Å². The maximum Gasteiger partial charge on any atom is 0.310 e. The first-order valence-electron chi connectivity index (χ1n) is 5.68. The van der Waals surface area contributed by atoms with Crippen LogP contribution in [0.4, 0.5) is 0 Å². The quantitative estimate of drug-likeness (QED) is 0.740. The van der Waals surface area contributed by atoms with Crippen molar-refractivity contribution in [1.82, 2.24) is 4.31 Å². The Kier molecular flexibility index (Phi) is 3.42. The molecular formula is C10H17NO5S. The maximum absolute atomic E-state index is 12.0. The van der Waals surface area contributed by atoms with Gasteiger partial charge in [-0.05, 0) is 18.8 Å². The lowest BCUT2D eigenvalue weighted by Gasteiger charge is -2.25. The second-order valence-corrected chi connectivity index (χ2v) is 6.86. The molecule has 17 heavy (non-hydrogen) atoms. The lowest BCUT2D eigenvalue weighted by atomic mass is 10.1. The number of carbonyl (C=O) groups is 1. The van der Waals surface area contributed by atoms with Crippen molar-refractivity contribution in [1.29, 1.82) is 0 Å². The number of ether oxygens (including phenoxy) is 1. The molecule has 1 saturated carbocycles. The van der Waals surface area contributed by atoms with Crippen molar-refractivity contribution < 1.29 is 23.1 Å². The van der Waals surface area contributed by atoms with Crippen LogP contribution in [0.25, 0.3) is 0 Å². The van der Waals surface area contributed by atoms with E-state index in [2.05, 4.69) is 0 Å². The Labute approximate surface area is 101 Å². The summed E-state index contributed by atoms with van der Waals surface area (Å²) in [7, 11) is -1.91. The van der Waals surface area contributed by atoms with Crippen LogP contribution in [0.1, 0.15) is 12.8 Å². The van der Waals surface area contributed by atoms with Crippen LogP contribution in [0.2, 0.25) is 0 Å². The summed E-state index contributed by atoms with van der Waals surface area (Å²) in [4.78, 5) is 11.0. The number of hydrogen-bond acceptors (Lipinski definition) is 4. The predicted molar refractivity (Wildman–Crippen MR) is 60.0 cm³/mol. The molecule has 0 aromatic carbocycles. The predicted octanol–water partition coefficient (Wildman–Crippen LogP) is -0.242. The smallest absolute Gasteiger partial charge is 0.310 e. The van der Waals surface area contributed by atoms with Crippen molar-refractivity contribution >= 4 is 16.0 Å². The van der Waals surface area contributed by atoms with Gasteiger partial charge in [0, 0.05) is 7.05 Å². The molecule has 98 valence electrons. The second-order valence-electron chi connectivity index (χ2n) is 4.79. The van der Waals surface area contributed by atoms with Crippen LogP contribution in [0, 0.1) is 11.8 Å². The number of carboxylic acid groups (broad SMARTS) is 1. The van der Waals surface area contributed by atoms with Crippen LogP contribution in [0.3, 0.4) is 0 Å². The van der Waals surface area contributed by atoms with Gasteiger partial charge in [-0.1, -0.05) is 0 Å². The Balaban J connectivity index is 2.07. The minimum absolute atomic E-state index is 0.0866. The number of sulfonamides is 1. The minimum atomic E-state index is -3.36. The molecule has 0 aromatic rings. The Morgan fingerprint density at radius 3 is 2.59 bits per heavy atom. The third-order valence-corrected chi connectivity index (χ3v) is 5.46. The highest BCUT2D eigenvalue weighted by atomic mass is 32.2. The summed E-state index contributed by atoms with van der Waals surface area (Å²) in [5, 5.41) is 8.99. The van der Waals surface area contributed by atoms with Crippen molar-refractivity contribution in [3.8, 4) is 0 Å². The Hall–Kier alpha value is -0.660. The molecule has 0 amide bonds. The summed E-state index contributed by atoms with van der Waals surface area (Å²) in [5.74, 6) is -1.37. The third kappa shape index (κ3) is 2.78. The molecule has 0 bridgehead atoms. The van der Waals surface area contributed by atoms with Crippen molar-refractivity contribution in [3.05, 3.63) is 0 Å². The molecule has 1 aliphatic carbocycles. The van der Waals surface area contributed by atoms with Gasteiger partial charge in [0.05, 0.1) is 30.9 Å². The average molecular weight is 263 g/mol.